The molecule has 126 valence electrons. The van der Waals surface area contributed by atoms with Crippen molar-refractivity contribution >= 4 is 5.91 Å². The molecule has 0 N–H and O–H groups in total. The summed E-state index contributed by atoms with van der Waals surface area (Å²) >= 11 is 0. The van der Waals surface area contributed by atoms with Gasteiger partial charge in [-0.2, -0.15) is 0 Å². The predicted octanol–water partition coefficient (Wildman–Crippen LogP) is 3.34. The summed E-state index contributed by atoms with van der Waals surface area (Å²) in [5.41, 5.74) is 1.44. The summed E-state index contributed by atoms with van der Waals surface area (Å²) in [6, 6.07) is 11.3. The number of fused-ring (bicyclic) bond motifs is 1. The van der Waals surface area contributed by atoms with Crippen molar-refractivity contribution in [2.75, 3.05) is 26.2 Å². The lowest BCUT2D eigenvalue weighted by atomic mass is 9.83. The van der Waals surface area contributed by atoms with E-state index in [4.69, 9.17) is 0 Å². The van der Waals surface area contributed by atoms with Gasteiger partial charge in [0.1, 0.15) is 0 Å². The minimum Gasteiger partial charge on any atom is -0.339 e. The van der Waals surface area contributed by atoms with Gasteiger partial charge < -0.3 is 9.80 Å². The van der Waals surface area contributed by atoms with Gasteiger partial charge in [0.25, 0.3) is 0 Å². The largest absolute Gasteiger partial charge is 0.339 e. The molecular formula is C20H30N2O. The van der Waals surface area contributed by atoms with Gasteiger partial charge in [0.2, 0.25) is 5.91 Å². The maximum Gasteiger partial charge on any atom is 0.222 e. The lowest BCUT2D eigenvalue weighted by molar-refractivity contribution is -0.138. The topological polar surface area (TPSA) is 23.6 Å². The molecule has 2 aliphatic rings. The van der Waals surface area contributed by atoms with Gasteiger partial charge in [-0.25, -0.2) is 0 Å². The van der Waals surface area contributed by atoms with Gasteiger partial charge >= 0.3 is 0 Å². The fourth-order valence-electron chi connectivity index (χ4n) is 4.35. The lowest BCUT2D eigenvalue weighted by Crippen LogP contribution is -2.55. The molecule has 1 amide bonds. The molecule has 0 unspecified atom stereocenters. The molecule has 3 heteroatoms. The molecule has 0 aromatic heterocycles. The molecule has 2 saturated heterocycles. The summed E-state index contributed by atoms with van der Waals surface area (Å²) in [4.78, 5) is 17.0. The Morgan fingerprint density at radius 3 is 2.78 bits per heavy atom. The van der Waals surface area contributed by atoms with Crippen LogP contribution in [0.1, 0.15) is 44.6 Å². The van der Waals surface area contributed by atoms with Gasteiger partial charge in [0.15, 0.2) is 0 Å². The summed E-state index contributed by atoms with van der Waals surface area (Å²) in [7, 11) is 0. The van der Waals surface area contributed by atoms with Crippen LogP contribution in [0.2, 0.25) is 0 Å². The van der Waals surface area contributed by atoms with Crippen LogP contribution in [0.4, 0.5) is 0 Å². The highest BCUT2D eigenvalue weighted by atomic mass is 16.2. The number of carbonyl (C=O) groups excluding carboxylic acids is 1. The molecule has 3 rings (SSSR count). The minimum atomic E-state index is 0.359. The first-order valence-corrected chi connectivity index (χ1v) is 9.33. The molecule has 0 saturated carbocycles. The number of piperidine rings is 2. The van der Waals surface area contributed by atoms with Gasteiger partial charge in [-0.05, 0) is 50.1 Å². The number of hydrogen-bond acceptors (Lipinski definition) is 2. The first kappa shape index (κ1) is 16.5. The molecule has 0 bridgehead atoms. The standard InChI is InChI=1S/C20H30N2O/c1-2-20(23)22-14-7-11-18-16-21(15-12-19(18)22)13-6-10-17-8-4-3-5-9-17/h3-5,8-9,18-19H,2,6-7,10-16H2,1H3/t18-,19+/m1/s1. The molecule has 2 atom stereocenters. The first-order valence-electron chi connectivity index (χ1n) is 9.33. The van der Waals surface area contributed by atoms with Crippen LogP contribution >= 0.6 is 0 Å². The van der Waals surface area contributed by atoms with Crippen LogP contribution in [-0.4, -0.2) is 47.9 Å². The number of aryl methyl sites for hydroxylation is 1. The number of carbonyl (C=O) groups is 1. The van der Waals surface area contributed by atoms with Crippen molar-refractivity contribution in [2.24, 2.45) is 5.92 Å². The zero-order valence-corrected chi connectivity index (χ0v) is 14.4. The highest BCUT2D eigenvalue weighted by molar-refractivity contribution is 5.76. The van der Waals surface area contributed by atoms with Crippen LogP contribution in [0.5, 0.6) is 0 Å². The van der Waals surface area contributed by atoms with Crippen molar-refractivity contribution in [2.45, 2.75) is 51.5 Å². The molecule has 3 nitrogen and oxygen atoms in total. The fourth-order valence-corrected chi connectivity index (χ4v) is 4.35. The monoisotopic (exact) mass is 314 g/mol. The molecule has 0 radical (unpaired) electrons. The number of amides is 1. The van der Waals surface area contributed by atoms with Crippen LogP contribution in [0.3, 0.4) is 0 Å². The van der Waals surface area contributed by atoms with Gasteiger partial charge in [0.05, 0.1) is 0 Å². The first-order chi connectivity index (χ1) is 11.3. The van der Waals surface area contributed by atoms with E-state index in [1.165, 1.54) is 50.8 Å². The summed E-state index contributed by atoms with van der Waals surface area (Å²) in [6.45, 7) is 6.52. The van der Waals surface area contributed by atoms with Crippen molar-refractivity contribution in [3.8, 4) is 0 Å². The van der Waals surface area contributed by atoms with Crippen molar-refractivity contribution in [1.29, 1.82) is 0 Å². The second-order valence-electron chi connectivity index (χ2n) is 7.09. The molecule has 0 spiro atoms. The highest BCUT2D eigenvalue weighted by Crippen LogP contribution is 2.31. The van der Waals surface area contributed by atoms with E-state index in [0.29, 0.717) is 24.3 Å². The lowest BCUT2D eigenvalue weighted by Gasteiger charge is -2.47. The van der Waals surface area contributed by atoms with Crippen LogP contribution < -0.4 is 0 Å². The Labute approximate surface area is 140 Å². The molecule has 1 aromatic rings. The average molecular weight is 314 g/mol. The minimum absolute atomic E-state index is 0.359. The third kappa shape index (κ3) is 4.14. The number of benzene rings is 1. The molecule has 0 aliphatic carbocycles. The van der Waals surface area contributed by atoms with Gasteiger partial charge in [-0.3, -0.25) is 4.79 Å². The number of hydrogen-bond donors (Lipinski definition) is 0. The van der Waals surface area contributed by atoms with E-state index in [-0.39, 0.29) is 0 Å². The van der Waals surface area contributed by atoms with Crippen molar-refractivity contribution in [3.63, 3.8) is 0 Å². The quantitative estimate of drug-likeness (QED) is 0.832. The Hall–Kier alpha value is -1.35. The highest BCUT2D eigenvalue weighted by Gasteiger charge is 2.37. The number of likely N-dealkylation sites (tertiary alicyclic amines) is 2. The van der Waals surface area contributed by atoms with E-state index >= 15 is 0 Å². The SMILES string of the molecule is CCC(=O)N1CCC[C@@H]2CN(CCCc3ccccc3)CC[C@@H]21. The van der Waals surface area contributed by atoms with Crippen molar-refractivity contribution in [3.05, 3.63) is 35.9 Å². The van der Waals surface area contributed by atoms with Crippen LogP contribution in [-0.2, 0) is 11.2 Å². The van der Waals surface area contributed by atoms with Crippen LogP contribution in [0.15, 0.2) is 30.3 Å². The molecule has 2 aliphatic heterocycles. The molecular weight excluding hydrogens is 284 g/mol. The molecule has 1 aromatic carbocycles. The Bertz CT molecular complexity index is 502. The summed E-state index contributed by atoms with van der Waals surface area (Å²) < 4.78 is 0. The number of nitrogens with zero attached hydrogens (tertiary/aromatic N) is 2. The zero-order valence-electron chi connectivity index (χ0n) is 14.4. The summed E-state index contributed by atoms with van der Waals surface area (Å²) in [5, 5.41) is 0. The molecule has 23 heavy (non-hydrogen) atoms. The van der Waals surface area contributed by atoms with E-state index < -0.39 is 0 Å². The Kier molecular flexibility index (Phi) is 5.71. The second kappa shape index (κ2) is 7.96. The van der Waals surface area contributed by atoms with Gasteiger partial charge in [0, 0.05) is 32.1 Å². The third-order valence-corrected chi connectivity index (χ3v) is 5.56. The molecule has 2 heterocycles. The van der Waals surface area contributed by atoms with Gasteiger partial charge in [-0.15, -0.1) is 0 Å². The molecule has 2 fully saturated rings. The Balaban J connectivity index is 1.47. The summed E-state index contributed by atoms with van der Waals surface area (Å²) in [5.74, 6) is 1.06. The van der Waals surface area contributed by atoms with Gasteiger partial charge in [-0.1, -0.05) is 37.3 Å². The van der Waals surface area contributed by atoms with E-state index in [2.05, 4.69) is 40.1 Å². The van der Waals surface area contributed by atoms with E-state index in [1.807, 2.05) is 6.92 Å². The van der Waals surface area contributed by atoms with Crippen molar-refractivity contribution in [1.82, 2.24) is 9.80 Å². The van der Waals surface area contributed by atoms with E-state index in [1.54, 1.807) is 0 Å². The third-order valence-electron chi connectivity index (χ3n) is 5.56. The second-order valence-corrected chi connectivity index (χ2v) is 7.09. The van der Waals surface area contributed by atoms with E-state index in [0.717, 1.165) is 13.1 Å². The summed E-state index contributed by atoms with van der Waals surface area (Å²) in [6.07, 6.45) is 6.72. The Morgan fingerprint density at radius 2 is 2.00 bits per heavy atom. The van der Waals surface area contributed by atoms with Crippen molar-refractivity contribution < 1.29 is 4.79 Å². The fraction of sp³-hybridized carbons (Fsp3) is 0.650. The van der Waals surface area contributed by atoms with Crippen LogP contribution in [0.25, 0.3) is 0 Å². The maximum atomic E-state index is 12.1. The zero-order chi connectivity index (χ0) is 16.1. The average Bonchev–Trinajstić information content (AvgIpc) is 2.61. The van der Waals surface area contributed by atoms with E-state index in [9.17, 15) is 4.79 Å². The Morgan fingerprint density at radius 1 is 1.17 bits per heavy atom. The predicted molar refractivity (Wildman–Crippen MR) is 94.3 cm³/mol. The smallest absolute Gasteiger partial charge is 0.222 e. The normalized spacial score (nSPS) is 25.2. The number of rotatable bonds is 5. The maximum absolute atomic E-state index is 12.1. The van der Waals surface area contributed by atoms with Crippen LogP contribution in [0, 0.1) is 5.92 Å².